The highest BCUT2D eigenvalue weighted by Crippen LogP contribution is 2.46. The molecule has 0 heterocycles. The van der Waals surface area contributed by atoms with Gasteiger partial charge in [-0.05, 0) is 12.3 Å². The molecule has 0 amide bonds. The molecule has 2 unspecified atom stereocenters. The first-order valence-electron chi connectivity index (χ1n) is 9.01. The Morgan fingerprint density at radius 3 is 1.97 bits per heavy atom. The zero-order valence-electron chi connectivity index (χ0n) is 16.6. The number of unbranched alkanes of at least 4 members (excludes halogenated alkanes) is 1. The molecule has 184 valence electrons. The largest absolute Gasteiger partial charge is 0.465 e. The minimum Gasteiger partial charge on any atom is -0.465 e. The SMILES string of the molecule is CCCCC(CC)COC(=O)CC(C(=O)OCC(F)(F)C(F)(F)C(F)(F)F)S(=O)(=O)O. The van der Waals surface area contributed by atoms with Gasteiger partial charge >= 0.3 is 30.0 Å². The van der Waals surface area contributed by atoms with Crippen molar-refractivity contribution in [2.75, 3.05) is 13.2 Å². The molecule has 0 saturated carbocycles. The topological polar surface area (TPSA) is 107 Å². The van der Waals surface area contributed by atoms with Crippen molar-refractivity contribution in [3.63, 3.8) is 0 Å². The Labute approximate surface area is 174 Å². The first-order valence-corrected chi connectivity index (χ1v) is 10.5. The third-order valence-corrected chi connectivity index (χ3v) is 5.29. The molecular formula is C16H23F7O7S. The first kappa shape index (κ1) is 29.4. The minimum atomic E-state index is -6.69. The van der Waals surface area contributed by atoms with Gasteiger partial charge in [0.2, 0.25) is 0 Å². The van der Waals surface area contributed by atoms with Crippen molar-refractivity contribution in [2.45, 2.75) is 69.2 Å². The zero-order chi connectivity index (χ0) is 24.7. The summed E-state index contributed by atoms with van der Waals surface area (Å²) in [7, 11) is -5.48. The average molecular weight is 492 g/mol. The number of rotatable bonds is 13. The van der Waals surface area contributed by atoms with Crippen molar-refractivity contribution >= 4 is 22.1 Å². The van der Waals surface area contributed by atoms with Crippen LogP contribution in [-0.2, 0) is 29.2 Å². The fourth-order valence-corrected chi connectivity index (χ4v) is 2.84. The lowest BCUT2D eigenvalue weighted by Crippen LogP contribution is -2.54. The van der Waals surface area contributed by atoms with Crippen molar-refractivity contribution in [1.29, 1.82) is 0 Å². The van der Waals surface area contributed by atoms with Crippen LogP contribution in [0.15, 0.2) is 0 Å². The van der Waals surface area contributed by atoms with Crippen LogP contribution < -0.4 is 0 Å². The molecule has 0 rings (SSSR count). The van der Waals surface area contributed by atoms with E-state index in [0.717, 1.165) is 12.8 Å². The van der Waals surface area contributed by atoms with Gasteiger partial charge < -0.3 is 9.47 Å². The van der Waals surface area contributed by atoms with Crippen LogP contribution in [0.25, 0.3) is 0 Å². The van der Waals surface area contributed by atoms with Crippen LogP contribution in [0, 0.1) is 5.92 Å². The zero-order valence-corrected chi connectivity index (χ0v) is 17.4. The second-order valence-electron chi connectivity index (χ2n) is 6.69. The van der Waals surface area contributed by atoms with E-state index in [1.54, 1.807) is 6.92 Å². The van der Waals surface area contributed by atoms with Gasteiger partial charge in [0, 0.05) is 0 Å². The number of esters is 2. The predicted molar refractivity (Wildman–Crippen MR) is 91.1 cm³/mol. The van der Waals surface area contributed by atoms with Crippen LogP contribution >= 0.6 is 0 Å². The number of carbonyl (C=O) groups is 2. The van der Waals surface area contributed by atoms with Gasteiger partial charge in [0.15, 0.2) is 11.9 Å². The average Bonchev–Trinajstić information content (AvgIpc) is 2.62. The van der Waals surface area contributed by atoms with Gasteiger partial charge in [-0.3, -0.25) is 14.1 Å². The number of alkyl halides is 7. The standard InChI is InChI=1S/C16H23F7O7S/c1-3-5-6-10(4-2)8-29-12(24)7-11(31(26,27)28)13(25)30-9-14(17,18)15(19,20)16(21,22)23/h10-11H,3-9H2,1-2H3,(H,26,27,28). The fraction of sp³-hybridized carbons (Fsp3) is 0.875. The highest BCUT2D eigenvalue weighted by Gasteiger charge is 2.73. The van der Waals surface area contributed by atoms with Crippen molar-refractivity contribution < 1.29 is 62.8 Å². The van der Waals surface area contributed by atoms with Gasteiger partial charge in [-0.1, -0.05) is 33.1 Å². The fourth-order valence-electron chi connectivity index (χ4n) is 2.18. The summed E-state index contributed by atoms with van der Waals surface area (Å²) in [5.41, 5.74) is 0. The maximum absolute atomic E-state index is 13.2. The molecule has 0 aromatic carbocycles. The number of carbonyl (C=O) groups excluding carboxylic acids is 2. The second-order valence-corrected chi connectivity index (χ2v) is 8.29. The molecule has 1 N–H and O–H groups in total. The molecule has 2 atom stereocenters. The van der Waals surface area contributed by atoms with E-state index in [-0.39, 0.29) is 12.5 Å². The van der Waals surface area contributed by atoms with E-state index in [1.165, 1.54) is 0 Å². The third kappa shape index (κ3) is 8.79. The predicted octanol–water partition coefficient (Wildman–Crippen LogP) is 3.77. The normalized spacial score (nSPS) is 15.3. The molecule has 0 aromatic rings. The van der Waals surface area contributed by atoms with Crippen molar-refractivity contribution in [2.24, 2.45) is 5.92 Å². The monoisotopic (exact) mass is 492 g/mol. The van der Waals surface area contributed by atoms with Gasteiger partial charge in [0.25, 0.3) is 10.1 Å². The Morgan fingerprint density at radius 1 is 1.00 bits per heavy atom. The maximum atomic E-state index is 13.2. The molecule has 0 spiro atoms. The summed E-state index contributed by atoms with van der Waals surface area (Å²) >= 11 is 0. The molecular weight excluding hydrogens is 469 g/mol. The molecule has 0 saturated heterocycles. The highest BCUT2D eigenvalue weighted by molar-refractivity contribution is 7.87. The third-order valence-electron chi connectivity index (χ3n) is 4.21. The molecule has 0 fully saturated rings. The molecule has 0 bridgehead atoms. The number of ether oxygens (including phenoxy) is 2. The summed E-state index contributed by atoms with van der Waals surface area (Å²) in [4.78, 5) is 23.4. The Morgan fingerprint density at radius 2 is 1.55 bits per heavy atom. The Hall–Kier alpha value is -1.64. The smallest absolute Gasteiger partial charge is 0.460 e. The van der Waals surface area contributed by atoms with Gasteiger partial charge in [-0.25, -0.2) is 0 Å². The first-order chi connectivity index (χ1) is 13.9. The summed E-state index contributed by atoms with van der Waals surface area (Å²) in [6.07, 6.45) is -5.23. The summed E-state index contributed by atoms with van der Waals surface area (Å²) in [6.45, 7) is 0.658. The molecule has 15 heteroatoms. The summed E-state index contributed by atoms with van der Waals surface area (Å²) < 4.78 is 128. The van der Waals surface area contributed by atoms with E-state index in [2.05, 4.69) is 4.74 Å². The summed E-state index contributed by atoms with van der Waals surface area (Å²) in [5, 5.41) is -2.86. The highest BCUT2D eigenvalue weighted by atomic mass is 32.2. The van der Waals surface area contributed by atoms with E-state index >= 15 is 0 Å². The van der Waals surface area contributed by atoms with Crippen molar-refractivity contribution in [3.8, 4) is 0 Å². The van der Waals surface area contributed by atoms with E-state index in [0.29, 0.717) is 12.8 Å². The molecule has 0 radical (unpaired) electrons. The van der Waals surface area contributed by atoms with Crippen LogP contribution in [0.1, 0.15) is 46.0 Å². The van der Waals surface area contributed by atoms with Crippen molar-refractivity contribution in [3.05, 3.63) is 0 Å². The molecule has 7 nitrogen and oxygen atoms in total. The lowest BCUT2D eigenvalue weighted by molar-refractivity contribution is -0.359. The van der Waals surface area contributed by atoms with Gasteiger partial charge in [0.1, 0.15) is 0 Å². The maximum Gasteiger partial charge on any atom is 0.460 e. The van der Waals surface area contributed by atoms with Crippen LogP contribution in [0.5, 0.6) is 0 Å². The number of hydrogen-bond acceptors (Lipinski definition) is 6. The molecule has 0 aliphatic carbocycles. The van der Waals surface area contributed by atoms with E-state index in [9.17, 15) is 48.7 Å². The van der Waals surface area contributed by atoms with Crippen LogP contribution in [-0.4, -0.2) is 61.4 Å². The quantitative estimate of drug-likeness (QED) is 0.237. The number of hydrogen-bond donors (Lipinski definition) is 1. The molecule has 31 heavy (non-hydrogen) atoms. The number of halogens is 7. The van der Waals surface area contributed by atoms with Crippen LogP contribution in [0.2, 0.25) is 0 Å². The Kier molecular flexibility index (Phi) is 10.7. The summed E-state index contributed by atoms with van der Waals surface area (Å²) in [5.74, 6) is -16.3. The van der Waals surface area contributed by atoms with Gasteiger partial charge in [0.05, 0.1) is 13.0 Å². The van der Waals surface area contributed by atoms with E-state index in [4.69, 9.17) is 9.29 Å². The van der Waals surface area contributed by atoms with Gasteiger partial charge in [-0.2, -0.15) is 39.2 Å². The Balaban J connectivity index is 5.15. The van der Waals surface area contributed by atoms with Crippen molar-refractivity contribution in [1.82, 2.24) is 0 Å². The minimum absolute atomic E-state index is 0.108. The van der Waals surface area contributed by atoms with Gasteiger partial charge in [-0.15, -0.1) is 0 Å². The Bertz CT molecular complexity index is 708. The van der Waals surface area contributed by atoms with Crippen LogP contribution in [0.4, 0.5) is 30.7 Å². The van der Waals surface area contributed by atoms with Crippen LogP contribution in [0.3, 0.4) is 0 Å². The molecule has 0 aliphatic rings. The molecule has 0 aromatic heterocycles. The second kappa shape index (κ2) is 11.3. The lowest BCUT2D eigenvalue weighted by Gasteiger charge is -2.28. The van der Waals surface area contributed by atoms with E-state index < -0.39 is 58.4 Å². The summed E-state index contributed by atoms with van der Waals surface area (Å²) in [6, 6.07) is 0. The lowest BCUT2D eigenvalue weighted by atomic mass is 10.0. The molecule has 0 aliphatic heterocycles. The van der Waals surface area contributed by atoms with E-state index in [1.807, 2.05) is 6.92 Å².